The average Bonchev–Trinajstić information content (AvgIpc) is 3.16. The van der Waals surface area contributed by atoms with Gasteiger partial charge in [-0.15, -0.1) is 0 Å². The zero-order valence-corrected chi connectivity index (χ0v) is 12.6. The molecule has 3 rings (SSSR count). The molecule has 1 atom stereocenters. The van der Waals surface area contributed by atoms with Gasteiger partial charge in [0.15, 0.2) is 11.5 Å². The molecule has 0 radical (unpaired) electrons. The predicted molar refractivity (Wildman–Crippen MR) is 78.1 cm³/mol. The van der Waals surface area contributed by atoms with Crippen molar-refractivity contribution >= 4 is 11.6 Å². The molecule has 1 aliphatic heterocycles. The van der Waals surface area contributed by atoms with Gasteiger partial charge in [-0.05, 0) is 25.1 Å². The molecule has 0 aliphatic carbocycles. The Labute approximate surface area is 127 Å². The van der Waals surface area contributed by atoms with Crippen LogP contribution in [0.25, 0.3) is 11.4 Å². The maximum absolute atomic E-state index is 6.20. The summed E-state index contributed by atoms with van der Waals surface area (Å²) in [4.78, 5) is 4.46. The van der Waals surface area contributed by atoms with Crippen molar-refractivity contribution in [1.82, 2.24) is 15.5 Å². The molecule has 1 aromatic heterocycles. The van der Waals surface area contributed by atoms with Crippen LogP contribution in [0.3, 0.4) is 0 Å². The van der Waals surface area contributed by atoms with Crippen LogP contribution in [0, 0.1) is 0 Å². The second-order valence-corrected chi connectivity index (χ2v) is 5.25. The van der Waals surface area contributed by atoms with Crippen LogP contribution >= 0.6 is 11.6 Å². The number of ether oxygens (including phenoxy) is 2. The first-order chi connectivity index (χ1) is 10.2. The summed E-state index contributed by atoms with van der Waals surface area (Å²) in [5.74, 6) is 2.46. The minimum absolute atomic E-state index is 0.280. The molecule has 0 saturated carbocycles. The lowest BCUT2D eigenvalue weighted by molar-refractivity contribution is 0.355. The highest BCUT2D eigenvalue weighted by Crippen LogP contribution is 2.38. The van der Waals surface area contributed by atoms with Gasteiger partial charge in [0.1, 0.15) is 0 Å². The summed E-state index contributed by atoms with van der Waals surface area (Å²) >= 11 is 6.20. The van der Waals surface area contributed by atoms with Crippen molar-refractivity contribution in [3.05, 3.63) is 23.0 Å². The van der Waals surface area contributed by atoms with Gasteiger partial charge in [0.2, 0.25) is 11.7 Å². The van der Waals surface area contributed by atoms with Crippen LogP contribution in [-0.4, -0.2) is 37.4 Å². The second-order valence-electron chi connectivity index (χ2n) is 4.84. The predicted octanol–water partition coefficient (Wildman–Crippen LogP) is 2.48. The van der Waals surface area contributed by atoms with E-state index in [9.17, 15) is 0 Å². The molecule has 112 valence electrons. The van der Waals surface area contributed by atoms with Gasteiger partial charge in [0, 0.05) is 12.1 Å². The molecule has 1 aliphatic rings. The molecule has 6 nitrogen and oxygen atoms in total. The third kappa shape index (κ3) is 2.69. The van der Waals surface area contributed by atoms with E-state index in [0.717, 1.165) is 25.1 Å². The maximum Gasteiger partial charge on any atom is 0.231 e. The first-order valence-electron chi connectivity index (χ1n) is 6.69. The molecule has 1 aromatic carbocycles. The highest BCUT2D eigenvalue weighted by molar-refractivity contribution is 6.32. The molecule has 0 amide bonds. The van der Waals surface area contributed by atoms with Crippen molar-refractivity contribution in [2.75, 3.05) is 27.3 Å². The van der Waals surface area contributed by atoms with E-state index in [0.29, 0.717) is 28.2 Å². The van der Waals surface area contributed by atoms with E-state index in [-0.39, 0.29) is 5.92 Å². The van der Waals surface area contributed by atoms with E-state index in [4.69, 9.17) is 25.6 Å². The summed E-state index contributed by atoms with van der Waals surface area (Å²) in [6.07, 6.45) is 1.01. The molecule has 21 heavy (non-hydrogen) atoms. The molecular formula is C14H16ClN3O3. The smallest absolute Gasteiger partial charge is 0.231 e. The normalized spacial score (nSPS) is 18.0. The topological polar surface area (TPSA) is 69.4 Å². The van der Waals surface area contributed by atoms with Gasteiger partial charge < -0.3 is 19.3 Å². The Balaban J connectivity index is 1.95. The molecule has 7 heteroatoms. The summed E-state index contributed by atoms with van der Waals surface area (Å²) in [5, 5.41) is 7.76. The lowest BCUT2D eigenvalue weighted by Crippen LogP contribution is -2.08. The van der Waals surface area contributed by atoms with Crippen molar-refractivity contribution in [2.45, 2.75) is 12.3 Å². The van der Waals surface area contributed by atoms with Crippen LogP contribution in [0.15, 0.2) is 16.7 Å². The molecule has 0 spiro atoms. The van der Waals surface area contributed by atoms with E-state index in [1.54, 1.807) is 26.4 Å². The molecular weight excluding hydrogens is 294 g/mol. The summed E-state index contributed by atoms with van der Waals surface area (Å²) in [6, 6.07) is 3.52. The minimum Gasteiger partial charge on any atom is -0.493 e. The Kier molecular flexibility index (Phi) is 3.98. The maximum atomic E-state index is 6.20. The molecule has 1 fully saturated rings. The van der Waals surface area contributed by atoms with Gasteiger partial charge >= 0.3 is 0 Å². The number of aromatic nitrogens is 2. The van der Waals surface area contributed by atoms with Crippen LogP contribution in [0.5, 0.6) is 11.5 Å². The first-order valence-corrected chi connectivity index (χ1v) is 7.07. The van der Waals surface area contributed by atoms with Crippen LogP contribution in [0.2, 0.25) is 5.02 Å². The quantitative estimate of drug-likeness (QED) is 0.935. The third-order valence-electron chi connectivity index (χ3n) is 3.54. The largest absolute Gasteiger partial charge is 0.493 e. The summed E-state index contributed by atoms with van der Waals surface area (Å²) in [6.45, 7) is 1.85. The second kappa shape index (κ2) is 5.91. The molecule has 2 aromatic rings. The SMILES string of the molecule is COc1cc(-c2noc([C@H]3CCNC3)n2)cc(Cl)c1OC. The lowest BCUT2D eigenvalue weighted by atomic mass is 10.1. The van der Waals surface area contributed by atoms with Gasteiger partial charge in [-0.2, -0.15) is 4.98 Å². The van der Waals surface area contributed by atoms with Crippen molar-refractivity contribution in [1.29, 1.82) is 0 Å². The Morgan fingerprint density at radius 3 is 2.86 bits per heavy atom. The van der Waals surface area contributed by atoms with E-state index < -0.39 is 0 Å². The van der Waals surface area contributed by atoms with Crippen LogP contribution in [0.1, 0.15) is 18.2 Å². The number of rotatable bonds is 4. The van der Waals surface area contributed by atoms with Gasteiger partial charge in [-0.1, -0.05) is 16.8 Å². The fourth-order valence-electron chi connectivity index (χ4n) is 2.43. The van der Waals surface area contributed by atoms with Crippen molar-refractivity contribution in [3.8, 4) is 22.9 Å². The fourth-order valence-corrected chi connectivity index (χ4v) is 2.72. The Bertz CT molecular complexity index is 638. The van der Waals surface area contributed by atoms with Gasteiger partial charge in [-0.3, -0.25) is 0 Å². The van der Waals surface area contributed by atoms with Crippen molar-refractivity contribution < 1.29 is 14.0 Å². The Morgan fingerprint density at radius 2 is 2.19 bits per heavy atom. The summed E-state index contributed by atoms with van der Waals surface area (Å²) in [7, 11) is 3.10. The summed E-state index contributed by atoms with van der Waals surface area (Å²) in [5.41, 5.74) is 0.735. The fraction of sp³-hybridized carbons (Fsp3) is 0.429. The molecule has 1 N–H and O–H groups in total. The molecule has 0 unspecified atom stereocenters. The first kappa shape index (κ1) is 14.2. The van der Waals surface area contributed by atoms with Crippen molar-refractivity contribution in [2.24, 2.45) is 0 Å². The van der Waals surface area contributed by atoms with Gasteiger partial charge in [-0.25, -0.2) is 0 Å². The molecule has 1 saturated heterocycles. The molecule has 0 bridgehead atoms. The van der Waals surface area contributed by atoms with Crippen LogP contribution in [-0.2, 0) is 0 Å². The monoisotopic (exact) mass is 309 g/mol. The number of methoxy groups -OCH3 is 2. The van der Waals surface area contributed by atoms with Crippen LogP contribution < -0.4 is 14.8 Å². The summed E-state index contributed by atoms with van der Waals surface area (Å²) < 4.78 is 15.9. The lowest BCUT2D eigenvalue weighted by Gasteiger charge is -2.10. The minimum atomic E-state index is 0.280. The zero-order chi connectivity index (χ0) is 14.8. The number of nitrogens with one attached hydrogen (secondary N) is 1. The number of benzene rings is 1. The third-order valence-corrected chi connectivity index (χ3v) is 3.82. The highest BCUT2D eigenvalue weighted by Gasteiger charge is 2.23. The number of hydrogen-bond acceptors (Lipinski definition) is 6. The number of halogens is 1. The number of nitrogens with zero attached hydrogens (tertiary/aromatic N) is 2. The van der Waals surface area contributed by atoms with E-state index in [2.05, 4.69) is 15.5 Å². The Hall–Kier alpha value is -1.79. The van der Waals surface area contributed by atoms with Crippen LogP contribution in [0.4, 0.5) is 0 Å². The standard InChI is InChI=1S/C14H16ClN3O3/c1-19-11-6-9(5-10(15)12(11)20-2)13-17-14(21-18-13)8-3-4-16-7-8/h5-6,8,16H,3-4,7H2,1-2H3/t8-/m0/s1. The zero-order valence-electron chi connectivity index (χ0n) is 11.9. The highest BCUT2D eigenvalue weighted by atomic mass is 35.5. The van der Waals surface area contributed by atoms with Gasteiger partial charge in [0.05, 0.1) is 25.2 Å². The van der Waals surface area contributed by atoms with Crippen molar-refractivity contribution in [3.63, 3.8) is 0 Å². The van der Waals surface area contributed by atoms with Gasteiger partial charge in [0.25, 0.3) is 0 Å². The van der Waals surface area contributed by atoms with E-state index in [1.165, 1.54) is 0 Å². The average molecular weight is 310 g/mol. The van der Waals surface area contributed by atoms with E-state index in [1.807, 2.05) is 0 Å². The number of hydrogen-bond donors (Lipinski definition) is 1. The van der Waals surface area contributed by atoms with E-state index >= 15 is 0 Å². The Morgan fingerprint density at radius 1 is 1.33 bits per heavy atom. The molecule has 2 heterocycles.